The Kier molecular flexibility index (Phi) is 10.8. The van der Waals surface area contributed by atoms with Gasteiger partial charge >= 0.3 is 24.9 Å². The van der Waals surface area contributed by atoms with Crippen LogP contribution in [0.4, 0.5) is 13.2 Å². The summed E-state index contributed by atoms with van der Waals surface area (Å²) in [5.74, 6) is -8.98. The summed E-state index contributed by atoms with van der Waals surface area (Å²) >= 11 is 3.03. The smallest absolute Gasteiger partial charge is 0.385 e. The molecule has 6 aliphatic rings. The van der Waals surface area contributed by atoms with Gasteiger partial charge in [0.15, 0.2) is 18.7 Å². The molecule has 6 N–H and O–H groups in total. The molecule has 0 amide bonds. The summed E-state index contributed by atoms with van der Waals surface area (Å²) in [5.41, 5.74) is -5.42. The number of hydrogen-bond donors (Lipinski definition) is 6. The van der Waals surface area contributed by atoms with Crippen LogP contribution in [0.25, 0.3) is 0 Å². The summed E-state index contributed by atoms with van der Waals surface area (Å²) in [6, 6.07) is 2.85. The molecule has 3 aromatic rings. The molecule has 29 heteroatoms. The van der Waals surface area contributed by atoms with Crippen LogP contribution < -0.4 is 33.7 Å². The van der Waals surface area contributed by atoms with Crippen molar-refractivity contribution < 1.29 is 60.8 Å². The Bertz CT molecular complexity index is 2410. The van der Waals surface area contributed by atoms with Gasteiger partial charge < -0.3 is 29.5 Å². The Morgan fingerprint density at radius 1 is 0.581 bits per heavy atom. The number of nitrogens with one attached hydrogen (secondary N) is 3. The quantitative estimate of drug-likeness (QED) is 0.120. The summed E-state index contributed by atoms with van der Waals surface area (Å²) in [5, 5.41) is 34.2. The fraction of sp³-hybridized carbons (Fsp3) is 0.636. The highest BCUT2D eigenvalue weighted by atomic mass is 32.2. The monoisotopic (exact) mass is 956 g/mol. The first-order valence-corrected chi connectivity index (χ1v) is 23.2. The average Bonchev–Trinajstić information content (AvgIpc) is 3.66. The van der Waals surface area contributed by atoms with Crippen LogP contribution in [0.3, 0.4) is 0 Å². The molecule has 6 fully saturated rings. The highest BCUT2D eigenvalue weighted by Gasteiger charge is 2.72. The minimum absolute atomic E-state index is 0.0726. The number of thioether (sulfide) groups is 3. The maximum Gasteiger partial charge on any atom is 0.475 e. The molecule has 62 heavy (non-hydrogen) atoms. The lowest BCUT2D eigenvalue weighted by Gasteiger charge is -2.43. The number of phosphoric ester groups is 1. The second-order valence-electron chi connectivity index (χ2n) is 15.5. The van der Waals surface area contributed by atoms with Crippen LogP contribution in [0.1, 0.15) is 37.9 Å². The zero-order chi connectivity index (χ0) is 44.3. The summed E-state index contributed by atoms with van der Waals surface area (Å²) in [6.45, 7) is -4.71. The van der Waals surface area contributed by atoms with Crippen molar-refractivity contribution in [2.75, 3.05) is 37.1 Å². The number of halogens is 3. The van der Waals surface area contributed by atoms with Crippen molar-refractivity contribution in [3.8, 4) is 0 Å². The first-order chi connectivity index (χ1) is 29.2. The van der Waals surface area contributed by atoms with Crippen molar-refractivity contribution in [2.45, 2.75) is 88.1 Å². The molecule has 338 valence electrons. The molecule has 0 radical (unpaired) electrons. The van der Waals surface area contributed by atoms with Gasteiger partial charge in [0, 0.05) is 36.8 Å². The lowest BCUT2D eigenvalue weighted by atomic mass is 9.93. The lowest BCUT2D eigenvalue weighted by molar-refractivity contribution is -0.221. The highest BCUT2D eigenvalue weighted by molar-refractivity contribution is 8.02. The van der Waals surface area contributed by atoms with Crippen molar-refractivity contribution in [3.63, 3.8) is 0 Å². The minimum atomic E-state index is -5.67. The fourth-order valence-electron chi connectivity index (χ4n) is 8.46. The van der Waals surface area contributed by atoms with E-state index in [1.807, 2.05) is 15.0 Å². The maximum absolute atomic E-state index is 16.9. The molecule has 0 bridgehead atoms. The van der Waals surface area contributed by atoms with Crippen LogP contribution in [0, 0.1) is 0 Å². The number of ether oxygens (including phenoxy) is 3. The molecule has 9 rings (SSSR count). The number of phosphoric acid groups is 1. The van der Waals surface area contributed by atoms with Gasteiger partial charge in [-0.25, -0.2) is 32.1 Å². The van der Waals surface area contributed by atoms with Crippen molar-refractivity contribution in [1.29, 1.82) is 0 Å². The SMILES string of the molecule is O=c1ccn([C@@H]2O[C@](F)(COP(=O)(OC[C@@]3(F)O[C@@H](n4ccc(=O)[nH]c4=O)[C@@]4(CCS4)[C@@H]3O)OC[C@@]3(F)O[C@@H](n4ccc(=O)[nH]c4=O)[C@@]4(CCS4)[C@@H]3O)[C@@H](O)[C@]23CCS3)c(=O)[nH]1. The molecule has 0 unspecified atom stereocenters. The summed E-state index contributed by atoms with van der Waals surface area (Å²) < 4.78 is 95.9. The molecular formula is C33H36F3N6O16PS3. The molecule has 3 aromatic heterocycles. The molecule has 9 heterocycles. The molecule has 6 saturated heterocycles. The van der Waals surface area contributed by atoms with E-state index in [9.17, 15) is 48.7 Å². The van der Waals surface area contributed by atoms with E-state index in [0.717, 1.165) is 85.8 Å². The number of nitrogens with zero attached hydrogens (tertiary/aromatic N) is 3. The van der Waals surface area contributed by atoms with Gasteiger partial charge in [-0.1, -0.05) is 0 Å². The summed E-state index contributed by atoms with van der Waals surface area (Å²) in [4.78, 5) is 79.6. The predicted molar refractivity (Wildman–Crippen MR) is 209 cm³/mol. The third-order valence-electron chi connectivity index (χ3n) is 12.0. The van der Waals surface area contributed by atoms with Gasteiger partial charge in [0.05, 0.1) is 14.2 Å². The number of hydrogen-bond acceptors (Lipinski definition) is 19. The maximum atomic E-state index is 16.9. The molecular weight excluding hydrogens is 921 g/mol. The van der Waals surface area contributed by atoms with E-state index in [2.05, 4.69) is 0 Å². The fourth-order valence-corrected chi connectivity index (χ4v) is 13.6. The van der Waals surface area contributed by atoms with Gasteiger partial charge in [-0.05, 0) is 36.5 Å². The van der Waals surface area contributed by atoms with Crippen molar-refractivity contribution >= 4 is 43.1 Å². The Labute approximate surface area is 356 Å². The van der Waals surface area contributed by atoms with E-state index >= 15 is 13.2 Å². The van der Waals surface area contributed by atoms with E-state index in [4.69, 9.17) is 27.8 Å². The second-order valence-corrected chi connectivity index (χ2v) is 21.5. The van der Waals surface area contributed by atoms with E-state index in [-0.39, 0.29) is 19.3 Å². The van der Waals surface area contributed by atoms with E-state index in [1.165, 1.54) is 0 Å². The first-order valence-electron chi connectivity index (χ1n) is 18.8. The van der Waals surface area contributed by atoms with Gasteiger partial charge in [-0.15, -0.1) is 35.3 Å². The Morgan fingerprint density at radius 3 is 1.05 bits per heavy atom. The Balaban J connectivity index is 1.01. The van der Waals surface area contributed by atoms with Crippen LogP contribution >= 0.6 is 43.1 Å². The zero-order valence-electron chi connectivity index (χ0n) is 31.6. The van der Waals surface area contributed by atoms with E-state index in [1.54, 1.807) is 0 Å². The van der Waals surface area contributed by atoms with Crippen LogP contribution in [-0.4, -0.2) is 131 Å². The number of H-pyrrole nitrogens is 3. The molecule has 12 atom stereocenters. The number of aromatic amines is 3. The number of aromatic nitrogens is 6. The predicted octanol–water partition coefficient (Wildman–Crippen LogP) is -0.911. The van der Waals surface area contributed by atoms with Crippen molar-refractivity contribution in [2.24, 2.45) is 0 Å². The van der Waals surface area contributed by atoms with E-state index in [0.29, 0.717) is 17.3 Å². The van der Waals surface area contributed by atoms with Gasteiger partial charge in [-0.2, -0.15) is 0 Å². The van der Waals surface area contributed by atoms with E-state index < -0.39 is 130 Å². The molecule has 22 nitrogen and oxygen atoms in total. The minimum Gasteiger partial charge on any atom is -0.385 e. The molecule has 0 aromatic carbocycles. The van der Waals surface area contributed by atoms with Gasteiger partial charge in [0.1, 0.15) is 38.1 Å². The average molecular weight is 957 g/mol. The Morgan fingerprint density at radius 2 is 0.839 bits per heavy atom. The van der Waals surface area contributed by atoms with Crippen LogP contribution in [0.2, 0.25) is 0 Å². The molecule has 3 spiro atoms. The van der Waals surface area contributed by atoms with Crippen molar-refractivity contribution in [1.82, 2.24) is 28.7 Å². The van der Waals surface area contributed by atoms with Gasteiger partial charge in [0.25, 0.3) is 34.2 Å². The topological polar surface area (TPSA) is 298 Å². The van der Waals surface area contributed by atoms with Crippen LogP contribution in [0.15, 0.2) is 65.6 Å². The summed E-state index contributed by atoms with van der Waals surface area (Å²) in [7, 11) is -5.67. The largest absolute Gasteiger partial charge is 0.475 e. The van der Waals surface area contributed by atoms with Gasteiger partial charge in [0.2, 0.25) is 0 Å². The number of rotatable bonds is 12. The van der Waals surface area contributed by atoms with Gasteiger partial charge in [-0.3, -0.25) is 56.6 Å². The third-order valence-corrected chi connectivity index (χ3v) is 18.0. The Hall–Kier alpha value is -3.25. The van der Waals surface area contributed by atoms with Crippen LogP contribution in [0.5, 0.6) is 0 Å². The standard InChI is InChI=1S/C33H36F3N6O16PS3/c34-31(19(46)28(4-10-60-28)22(56-31)40-7-1-16(43)37-25(40)49)13-53-59(52,54-14-32(35)20(47)29(5-11-61-29)23(57-32)41-8-2-17(44)38-26(41)50)55-15-33(36)21(48)30(6-12-62-30)24(58-33)42-9-3-18(45)39-27(42)51/h1-3,7-9,19-24,46-48H,4-6,10-15H2,(H,37,43,49)(H,38,44,50)(H,39,45,51)/t19-,20-,21-,22+,23+,24+,28+,29+,30+,31+,32+,33+/m0/s1. The third kappa shape index (κ3) is 6.74. The zero-order valence-corrected chi connectivity index (χ0v) is 34.9. The first kappa shape index (κ1) is 44.0. The normalized spacial score (nSPS) is 39.9. The van der Waals surface area contributed by atoms with Crippen LogP contribution in [-0.2, 0) is 32.3 Å². The molecule has 0 aliphatic carbocycles. The number of aliphatic hydroxyl groups excluding tert-OH is 3. The molecule has 0 saturated carbocycles. The summed E-state index contributed by atoms with van der Waals surface area (Å²) in [6.07, 6.45) is -7.96. The number of aliphatic hydroxyl groups is 3. The second kappa shape index (κ2) is 15.2. The lowest BCUT2D eigenvalue weighted by Crippen LogP contribution is -2.54. The highest BCUT2D eigenvalue weighted by Crippen LogP contribution is 2.65. The van der Waals surface area contributed by atoms with Crippen molar-refractivity contribution in [3.05, 3.63) is 99.3 Å². The number of alkyl halides is 3. The molecule has 6 aliphatic heterocycles.